The van der Waals surface area contributed by atoms with Gasteiger partial charge in [-0.05, 0) is 43.2 Å². The first kappa shape index (κ1) is 18.5. The predicted molar refractivity (Wildman–Crippen MR) is 97.1 cm³/mol. The van der Waals surface area contributed by atoms with Crippen LogP contribution in [-0.2, 0) is 15.4 Å². The summed E-state index contributed by atoms with van der Waals surface area (Å²) in [6.07, 6.45) is 0. The number of benzene rings is 2. The van der Waals surface area contributed by atoms with Gasteiger partial charge in [-0.3, -0.25) is 0 Å². The van der Waals surface area contributed by atoms with Crippen LogP contribution in [0.2, 0.25) is 0 Å². The Labute approximate surface area is 144 Å². The van der Waals surface area contributed by atoms with Gasteiger partial charge in [0.1, 0.15) is 5.75 Å². The van der Waals surface area contributed by atoms with Crippen molar-refractivity contribution in [1.82, 2.24) is 4.72 Å². The van der Waals surface area contributed by atoms with Crippen LogP contribution in [0.15, 0.2) is 47.4 Å². The third kappa shape index (κ3) is 4.16. The first-order valence-corrected chi connectivity index (χ1v) is 9.35. The molecular formula is C19H25NO3S. The first-order chi connectivity index (χ1) is 11.2. The zero-order valence-corrected chi connectivity index (χ0v) is 15.7. The molecule has 2 aromatic rings. The molecule has 130 valence electrons. The number of sulfonamides is 1. The van der Waals surface area contributed by atoms with E-state index in [-0.39, 0.29) is 5.41 Å². The van der Waals surface area contributed by atoms with E-state index in [0.717, 1.165) is 22.4 Å². The molecule has 0 fully saturated rings. The number of nitrogens with one attached hydrogen (secondary N) is 1. The second kappa shape index (κ2) is 6.95. The molecule has 0 aliphatic heterocycles. The van der Waals surface area contributed by atoms with E-state index in [0.29, 0.717) is 11.4 Å². The fraction of sp³-hybridized carbons (Fsp3) is 0.368. The molecule has 0 saturated carbocycles. The van der Waals surface area contributed by atoms with Gasteiger partial charge in [0, 0.05) is 12.0 Å². The number of aryl methyl sites for hydroxylation is 2. The van der Waals surface area contributed by atoms with Crippen LogP contribution in [0, 0.1) is 13.8 Å². The molecule has 0 radical (unpaired) electrons. The van der Waals surface area contributed by atoms with E-state index in [1.165, 1.54) is 0 Å². The van der Waals surface area contributed by atoms with Crippen LogP contribution in [0.1, 0.15) is 30.5 Å². The zero-order valence-electron chi connectivity index (χ0n) is 14.9. The molecular weight excluding hydrogens is 322 g/mol. The Bertz CT molecular complexity index is 809. The van der Waals surface area contributed by atoms with Crippen LogP contribution in [0.25, 0.3) is 0 Å². The Balaban J connectivity index is 2.17. The van der Waals surface area contributed by atoms with Crippen molar-refractivity contribution in [3.63, 3.8) is 0 Å². The smallest absolute Gasteiger partial charge is 0.240 e. The van der Waals surface area contributed by atoms with Gasteiger partial charge < -0.3 is 4.74 Å². The SMILES string of the molecule is COc1ccc(C(C)(C)CNS(=O)(=O)c2ccc(C)cc2C)cc1. The van der Waals surface area contributed by atoms with Crippen molar-refractivity contribution in [2.24, 2.45) is 0 Å². The normalized spacial score (nSPS) is 12.2. The van der Waals surface area contributed by atoms with Crippen LogP contribution in [0.5, 0.6) is 5.75 Å². The lowest BCUT2D eigenvalue weighted by Crippen LogP contribution is -2.36. The molecule has 5 heteroatoms. The highest BCUT2D eigenvalue weighted by Crippen LogP contribution is 2.25. The van der Waals surface area contributed by atoms with E-state index in [1.54, 1.807) is 13.2 Å². The van der Waals surface area contributed by atoms with Crippen LogP contribution >= 0.6 is 0 Å². The van der Waals surface area contributed by atoms with Gasteiger partial charge in [-0.15, -0.1) is 0 Å². The summed E-state index contributed by atoms with van der Waals surface area (Å²) in [6.45, 7) is 8.10. The van der Waals surface area contributed by atoms with Gasteiger partial charge in [-0.25, -0.2) is 13.1 Å². The minimum absolute atomic E-state index is 0.314. The molecule has 0 aromatic heterocycles. The monoisotopic (exact) mass is 347 g/mol. The zero-order chi connectivity index (χ0) is 18.0. The van der Waals surface area contributed by atoms with Gasteiger partial charge in [0.2, 0.25) is 10.0 Å². The maximum absolute atomic E-state index is 12.6. The van der Waals surface area contributed by atoms with Crippen LogP contribution < -0.4 is 9.46 Å². The molecule has 0 saturated heterocycles. The van der Waals surface area contributed by atoms with Crippen molar-refractivity contribution in [3.05, 3.63) is 59.2 Å². The van der Waals surface area contributed by atoms with E-state index in [1.807, 2.05) is 64.1 Å². The van der Waals surface area contributed by atoms with Crippen LogP contribution in [0.4, 0.5) is 0 Å². The number of hydrogen-bond acceptors (Lipinski definition) is 3. The lowest BCUT2D eigenvalue weighted by atomic mass is 9.85. The van der Waals surface area contributed by atoms with Gasteiger partial charge in [-0.1, -0.05) is 43.7 Å². The van der Waals surface area contributed by atoms with Crippen molar-refractivity contribution in [2.45, 2.75) is 38.0 Å². The molecule has 0 heterocycles. The van der Waals surface area contributed by atoms with Gasteiger partial charge in [0.15, 0.2) is 0 Å². The third-order valence-corrected chi connectivity index (χ3v) is 5.76. The summed E-state index contributed by atoms with van der Waals surface area (Å²) in [6, 6.07) is 13.0. The highest BCUT2D eigenvalue weighted by Gasteiger charge is 2.25. The lowest BCUT2D eigenvalue weighted by Gasteiger charge is -2.26. The minimum atomic E-state index is -3.54. The maximum atomic E-state index is 12.6. The quantitative estimate of drug-likeness (QED) is 0.869. The molecule has 2 aromatic carbocycles. The predicted octanol–water partition coefficient (Wildman–Crippen LogP) is 3.57. The second-order valence-electron chi connectivity index (χ2n) is 6.71. The van der Waals surface area contributed by atoms with Gasteiger partial charge in [-0.2, -0.15) is 0 Å². The van der Waals surface area contributed by atoms with Crippen molar-refractivity contribution in [3.8, 4) is 5.75 Å². The Morgan fingerprint density at radius 1 is 1.04 bits per heavy atom. The fourth-order valence-electron chi connectivity index (χ4n) is 2.60. The molecule has 0 aliphatic carbocycles. The summed E-state index contributed by atoms with van der Waals surface area (Å²) in [5.41, 5.74) is 2.51. The standard InChI is InChI=1S/C19H25NO3S/c1-14-6-11-18(15(2)12-14)24(21,22)20-13-19(3,4)16-7-9-17(23-5)10-8-16/h6-12,20H,13H2,1-5H3. The minimum Gasteiger partial charge on any atom is -0.497 e. The van der Waals surface area contributed by atoms with Crippen molar-refractivity contribution in [1.29, 1.82) is 0 Å². The lowest BCUT2D eigenvalue weighted by molar-refractivity contribution is 0.414. The maximum Gasteiger partial charge on any atom is 0.240 e. The molecule has 0 spiro atoms. The Hall–Kier alpha value is -1.85. The molecule has 4 nitrogen and oxygen atoms in total. The van der Waals surface area contributed by atoms with Gasteiger partial charge in [0.25, 0.3) is 0 Å². The number of methoxy groups -OCH3 is 1. The Morgan fingerprint density at radius 3 is 2.21 bits per heavy atom. The molecule has 0 bridgehead atoms. The fourth-order valence-corrected chi connectivity index (χ4v) is 4.03. The highest BCUT2D eigenvalue weighted by molar-refractivity contribution is 7.89. The topological polar surface area (TPSA) is 55.4 Å². The summed E-state index contributed by atoms with van der Waals surface area (Å²) in [5, 5.41) is 0. The van der Waals surface area contributed by atoms with Crippen LogP contribution in [0.3, 0.4) is 0 Å². The van der Waals surface area contributed by atoms with Crippen molar-refractivity contribution in [2.75, 3.05) is 13.7 Å². The first-order valence-electron chi connectivity index (χ1n) is 7.87. The molecule has 0 unspecified atom stereocenters. The molecule has 0 amide bonds. The third-order valence-electron chi connectivity index (χ3n) is 4.20. The highest BCUT2D eigenvalue weighted by atomic mass is 32.2. The Kier molecular flexibility index (Phi) is 5.35. The van der Waals surface area contributed by atoms with Gasteiger partial charge >= 0.3 is 0 Å². The Morgan fingerprint density at radius 2 is 1.67 bits per heavy atom. The van der Waals surface area contributed by atoms with E-state index in [2.05, 4.69) is 4.72 Å². The summed E-state index contributed by atoms with van der Waals surface area (Å²) >= 11 is 0. The summed E-state index contributed by atoms with van der Waals surface area (Å²) in [5.74, 6) is 0.783. The van der Waals surface area contributed by atoms with Gasteiger partial charge in [0.05, 0.1) is 12.0 Å². The second-order valence-corrected chi connectivity index (χ2v) is 8.44. The number of ether oxygens (including phenoxy) is 1. The number of hydrogen-bond donors (Lipinski definition) is 1. The molecule has 2 rings (SSSR count). The van der Waals surface area contributed by atoms with E-state index in [9.17, 15) is 8.42 Å². The summed E-state index contributed by atoms with van der Waals surface area (Å²) in [7, 11) is -1.91. The van der Waals surface area contributed by atoms with E-state index < -0.39 is 10.0 Å². The number of rotatable bonds is 6. The largest absolute Gasteiger partial charge is 0.497 e. The van der Waals surface area contributed by atoms with E-state index in [4.69, 9.17) is 4.74 Å². The molecule has 0 aliphatic rings. The van der Waals surface area contributed by atoms with Crippen molar-refractivity contribution >= 4 is 10.0 Å². The van der Waals surface area contributed by atoms with Crippen LogP contribution in [-0.4, -0.2) is 22.1 Å². The molecule has 1 N–H and O–H groups in total. The molecule has 0 atom stereocenters. The molecule has 24 heavy (non-hydrogen) atoms. The van der Waals surface area contributed by atoms with Crippen molar-refractivity contribution < 1.29 is 13.2 Å². The van der Waals surface area contributed by atoms with E-state index >= 15 is 0 Å². The average molecular weight is 347 g/mol. The average Bonchev–Trinajstić information content (AvgIpc) is 2.53. The summed E-state index contributed by atoms with van der Waals surface area (Å²) < 4.78 is 33.1. The summed E-state index contributed by atoms with van der Waals surface area (Å²) in [4.78, 5) is 0.332.